The molecular formula is C17H18F2N4O2. The van der Waals surface area contributed by atoms with Crippen molar-refractivity contribution in [3.63, 3.8) is 0 Å². The third-order valence-corrected chi connectivity index (χ3v) is 4.17. The lowest BCUT2D eigenvalue weighted by Crippen LogP contribution is -2.33. The summed E-state index contributed by atoms with van der Waals surface area (Å²) >= 11 is 0. The largest absolute Gasteiger partial charge is 0.391 e. The summed E-state index contributed by atoms with van der Waals surface area (Å²) in [4.78, 5) is 24.0. The highest BCUT2D eigenvalue weighted by Crippen LogP contribution is 2.34. The lowest BCUT2D eigenvalue weighted by Gasteiger charge is -2.24. The molecule has 2 unspecified atom stereocenters. The van der Waals surface area contributed by atoms with E-state index >= 15 is 0 Å². The van der Waals surface area contributed by atoms with Crippen molar-refractivity contribution in [2.24, 2.45) is 0 Å². The second kappa shape index (κ2) is 6.72. The highest BCUT2D eigenvalue weighted by Gasteiger charge is 2.37. The number of β-amino-alcohol motifs (C(OH)–C–C–N with tert-alkyl or cyclic N) is 1. The molecule has 6 nitrogen and oxygen atoms in total. The number of hydrogen-bond donors (Lipinski definition) is 1. The van der Waals surface area contributed by atoms with Gasteiger partial charge in [0.15, 0.2) is 0 Å². The minimum atomic E-state index is -0.814. The third kappa shape index (κ3) is 3.43. The van der Waals surface area contributed by atoms with Crippen LogP contribution < -0.4 is 4.90 Å². The van der Waals surface area contributed by atoms with Crippen LogP contribution in [0.25, 0.3) is 0 Å². The zero-order valence-electron chi connectivity index (χ0n) is 13.9. The summed E-state index contributed by atoms with van der Waals surface area (Å²) in [5.74, 6) is -1.11. The van der Waals surface area contributed by atoms with Gasteiger partial charge in [-0.25, -0.2) is 18.7 Å². The van der Waals surface area contributed by atoms with Crippen LogP contribution in [0.2, 0.25) is 0 Å². The molecule has 1 saturated heterocycles. The van der Waals surface area contributed by atoms with Crippen molar-refractivity contribution in [3.05, 3.63) is 53.5 Å². The molecule has 132 valence electrons. The number of aliphatic hydroxyl groups excluding tert-OH is 1. The lowest BCUT2D eigenvalue weighted by molar-refractivity contribution is 0.0707. The van der Waals surface area contributed by atoms with Crippen LogP contribution in [-0.4, -0.2) is 52.6 Å². The van der Waals surface area contributed by atoms with E-state index < -0.39 is 29.7 Å². The molecule has 1 fully saturated rings. The first-order chi connectivity index (χ1) is 11.9. The van der Waals surface area contributed by atoms with Gasteiger partial charge in [-0.1, -0.05) is 0 Å². The SMILES string of the molecule is CN(C)c1cnc(C(=O)N2CC(O)CC2c2cc(F)ccc2F)cn1. The zero-order chi connectivity index (χ0) is 18.1. The molecule has 2 aromatic rings. The van der Waals surface area contributed by atoms with Crippen molar-refractivity contribution >= 4 is 11.7 Å². The molecule has 1 aliphatic heterocycles. The molecule has 1 amide bonds. The number of amides is 1. The van der Waals surface area contributed by atoms with Gasteiger partial charge in [0.2, 0.25) is 0 Å². The van der Waals surface area contributed by atoms with Crippen molar-refractivity contribution in [2.75, 3.05) is 25.5 Å². The standard InChI is InChI=1S/C17H18F2N4O2/c1-22(2)16-8-20-14(7-21-16)17(25)23-9-11(24)6-15(23)12-5-10(18)3-4-13(12)19/h3-5,7-8,11,15,24H,6,9H2,1-2H3. The Kier molecular flexibility index (Phi) is 4.63. The second-order valence-electron chi connectivity index (χ2n) is 6.18. The summed E-state index contributed by atoms with van der Waals surface area (Å²) in [6.45, 7) is 0.0244. The average molecular weight is 348 g/mol. The molecule has 0 spiro atoms. The van der Waals surface area contributed by atoms with Crippen molar-refractivity contribution in [1.29, 1.82) is 0 Å². The minimum Gasteiger partial charge on any atom is -0.391 e. The normalized spacial score (nSPS) is 20.0. The molecule has 3 rings (SSSR count). The highest BCUT2D eigenvalue weighted by atomic mass is 19.1. The Morgan fingerprint density at radius 2 is 2.04 bits per heavy atom. The molecule has 1 aromatic heterocycles. The van der Waals surface area contributed by atoms with Crippen LogP contribution in [0.15, 0.2) is 30.6 Å². The van der Waals surface area contributed by atoms with E-state index in [2.05, 4.69) is 9.97 Å². The van der Waals surface area contributed by atoms with Crippen molar-refractivity contribution in [3.8, 4) is 0 Å². The number of rotatable bonds is 3. The van der Waals surface area contributed by atoms with E-state index in [4.69, 9.17) is 0 Å². The van der Waals surface area contributed by atoms with Crippen LogP contribution in [-0.2, 0) is 0 Å². The number of benzene rings is 1. The van der Waals surface area contributed by atoms with Crippen molar-refractivity contribution in [2.45, 2.75) is 18.6 Å². The van der Waals surface area contributed by atoms with E-state index in [0.29, 0.717) is 5.82 Å². The fourth-order valence-corrected chi connectivity index (χ4v) is 2.91. The number of carbonyl (C=O) groups excluding carboxylic acids is 1. The van der Waals surface area contributed by atoms with Gasteiger partial charge in [-0.3, -0.25) is 4.79 Å². The van der Waals surface area contributed by atoms with E-state index in [1.165, 1.54) is 17.3 Å². The van der Waals surface area contributed by atoms with E-state index in [9.17, 15) is 18.7 Å². The van der Waals surface area contributed by atoms with Crippen LogP contribution in [0, 0.1) is 11.6 Å². The number of halogens is 2. The molecule has 1 aliphatic rings. The molecule has 0 bridgehead atoms. The second-order valence-corrected chi connectivity index (χ2v) is 6.18. The smallest absolute Gasteiger partial charge is 0.274 e. The first-order valence-corrected chi connectivity index (χ1v) is 7.80. The maximum atomic E-state index is 14.1. The van der Waals surface area contributed by atoms with Crippen LogP contribution in [0.4, 0.5) is 14.6 Å². The summed E-state index contributed by atoms with van der Waals surface area (Å²) in [6.07, 6.45) is 2.11. The van der Waals surface area contributed by atoms with Gasteiger partial charge in [0.05, 0.1) is 24.5 Å². The van der Waals surface area contributed by atoms with Gasteiger partial charge in [-0.2, -0.15) is 0 Å². The van der Waals surface area contributed by atoms with Crippen LogP contribution in [0.1, 0.15) is 28.5 Å². The Balaban J connectivity index is 1.91. The number of likely N-dealkylation sites (tertiary alicyclic amines) is 1. The van der Waals surface area contributed by atoms with Gasteiger partial charge in [-0.05, 0) is 24.6 Å². The molecule has 2 atom stereocenters. The number of aliphatic hydroxyl groups is 1. The Bertz CT molecular complexity index is 783. The van der Waals surface area contributed by atoms with Crippen LogP contribution >= 0.6 is 0 Å². The zero-order valence-corrected chi connectivity index (χ0v) is 13.9. The molecule has 1 N–H and O–H groups in total. The lowest BCUT2D eigenvalue weighted by atomic mass is 10.0. The van der Waals surface area contributed by atoms with Gasteiger partial charge in [-0.15, -0.1) is 0 Å². The van der Waals surface area contributed by atoms with Gasteiger partial charge in [0.25, 0.3) is 5.91 Å². The van der Waals surface area contributed by atoms with Crippen LogP contribution in [0.3, 0.4) is 0 Å². The summed E-state index contributed by atoms with van der Waals surface area (Å²) in [6, 6.07) is 2.33. The summed E-state index contributed by atoms with van der Waals surface area (Å²) in [7, 11) is 3.59. The van der Waals surface area contributed by atoms with Gasteiger partial charge >= 0.3 is 0 Å². The fraction of sp³-hybridized carbons (Fsp3) is 0.353. The Labute approximate surface area is 143 Å². The average Bonchev–Trinajstić information content (AvgIpc) is 2.98. The molecular weight excluding hydrogens is 330 g/mol. The first kappa shape index (κ1) is 17.2. The van der Waals surface area contributed by atoms with Crippen molar-refractivity contribution in [1.82, 2.24) is 14.9 Å². The molecule has 1 aromatic carbocycles. The monoisotopic (exact) mass is 348 g/mol. The molecule has 2 heterocycles. The first-order valence-electron chi connectivity index (χ1n) is 7.80. The molecule has 0 saturated carbocycles. The van der Waals surface area contributed by atoms with Gasteiger partial charge < -0.3 is 14.9 Å². The summed E-state index contributed by atoms with van der Waals surface area (Å²) in [5.41, 5.74) is 0.129. The third-order valence-electron chi connectivity index (χ3n) is 4.17. The van der Waals surface area contributed by atoms with E-state index in [1.54, 1.807) is 19.0 Å². The Morgan fingerprint density at radius 3 is 2.68 bits per heavy atom. The fourth-order valence-electron chi connectivity index (χ4n) is 2.91. The molecule has 8 heteroatoms. The number of nitrogens with zero attached hydrogens (tertiary/aromatic N) is 4. The minimum absolute atomic E-state index is 0.0244. The predicted molar refractivity (Wildman–Crippen MR) is 87.1 cm³/mol. The van der Waals surface area contributed by atoms with Crippen molar-refractivity contribution < 1.29 is 18.7 Å². The Morgan fingerprint density at radius 1 is 1.28 bits per heavy atom. The van der Waals surface area contributed by atoms with E-state index in [0.717, 1.165) is 18.2 Å². The van der Waals surface area contributed by atoms with Gasteiger partial charge in [0.1, 0.15) is 23.1 Å². The topological polar surface area (TPSA) is 69.6 Å². The summed E-state index contributed by atoms with van der Waals surface area (Å²) in [5, 5.41) is 9.95. The Hall–Kier alpha value is -2.61. The van der Waals surface area contributed by atoms with E-state index in [1.807, 2.05) is 0 Å². The number of carbonyl (C=O) groups is 1. The number of aromatic nitrogens is 2. The number of hydrogen-bond acceptors (Lipinski definition) is 5. The highest BCUT2D eigenvalue weighted by molar-refractivity contribution is 5.92. The van der Waals surface area contributed by atoms with E-state index in [-0.39, 0.29) is 24.2 Å². The number of anilines is 1. The quantitative estimate of drug-likeness (QED) is 0.916. The van der Waals surface area contributed by atoms with Gasteiger partial charge in [0, 0.05) is 26.2 Å². The van der Waals surface area contributed by atoms with Crippen LogP contribution in [0.5, 0.6) is 0 Å². The molecule has 25 heavy (non-hydrogen) atoms. The molecule has 0 radical (unpaired) electrons. The maximum Gasteiger partial charge on any atom is 0.274 e. The predicted octanol–water partition coefficient (Wildman–Crippen LogP) is 1.77. The maximum absolute atomic E-state index is 14.1. The summed E-state index contributed by atoms with van der Waals surface area (Å²) < 4.78 is 27.6. The molecule has 0 aliphatic carbocycles.